The van der Waals surface area contributed by atoms with E-state index in [2.05, 4.69) is 10.6 Å². The fraction of sp³-hybridized carbons (Fsp3) is 0.286. The molecule has 0 spiro atoms. The van der Waals surface area contributed by atoms with Crippen molar-refractivity contribution in [2.75, 3.05) is 13.1 Å². The zero-order valence-electron chi connectivity index (χ0n) is 19.4. The average molecular weight is 455 g/mol. The number of amides is 1. The Morgan fingerprint density at radius 2 is 1.65 bits per heavy atom. The first-order valence-corrected chi connectivity index (χ1v) is 12.0. The van der Waals surface area contributed by atoms with Gasteiger partial charge in [0.1, 0.15) is 0 Å². The minimum Gasteiger partial charge on any atom is -0.373 e. The Labute approximate surface area is 199 Å². The van der Waals surface area contributed by atoms with Gasteiger partial charge in [0.2, 0.25) is 0 Å². The summed E-state index contributed by atoms with van der Waals surface area (Å²) in [6, 6.07) is 25.0. The molecule has 5 rings (SSSR count). The highest BCUT2D eigenvalue weighted by Crippen LogP contribution is 2.37. The molecule has 6 nitrogen and oxygen atoms in total. The van der Waals surface area contributed by atoms with Crippen LogP contribution >= 0.6 is 0 Å². The molecule has 1 aliphatic rings. The van der Waals surface area contributed by atoms with E-state index in [1.165, 1.54) is 0 Å². The van der Waals surface area contributed by atoms with Crippen molar-refractivity contribution in [3.63, 3.8) is 0 Å². The van der Waals surface area contributed by atoms with Crippen LogP contribution in [-0.2, 0) is 12.1 Å². The fourth-order valence-electron chi connectivity index (χ4n) is 4.88. The number of benzene rings is 3. The van der Waals surface area contributed by atoms with Crippen molar-refractivity contribution in [2.45, 2.75) is 38.0 Å². The van der Waals surface area contributed by atoms with E-state index < -0.39 is 5.60 Å². The number of piperidine rings is 1. The number of carbonyl (C=O) groups excluding carboxylic acids is 1. The molecule has 1 fully saturated rings. The molecule has 6 heteroatoms. The maximum absolute atomic E-state index is 13.0. The molecule has 1 aliphatic heterocycles. The Bertz CT molecular complexity index is 1240. The lowest BCUT2D eigenvalue weighted by Gasteiger charge is -2.29. The van der Waals surface area contributed by atoms with Crippen LogP contribution in [0.25, 0.3) is 11.0 Å². The third kappa shape index (κ3) is 4.00. The Morgan fingerprint density at radius 3 is 2.24 bits per heavy atom. The molecule has 1 amide bonds. The molecule has 1 saturated heterocycles. The number of aryl methyl sites for hydroxylation is 1. The highest BCUT2D eigenvalue weighted by atomic mass is 16.3. The maximum atomic E-state index is 13.0. The topological polar surface area (TPSA) is 79.2 Å². The lowest BCUT2D eigenvalue weighted by molar-refractivity contribution is 0.0929. The molecular weight excluding hydrogens is 424 g/mol. The summed E-state index contributed by atoms with van der Waals surface area (Å²) >= 11 is 0. The summed E-state index contributed by atoms with van der Waals surface area (Å²) < 4.78 is 2.01. The summed E-state index contributed by atoms with van der Waals surface area (Å²) in [5.74, 6) is 0.471. The largest absolute Gasteiger partial charge is 0.373 e. The first kappa shape index (κ1) is 22.3. The zero-order valence-corrected chi connectivity index (χ0v) is 19.4. The normalized spacial score (nSPS) is 14.9. The molecule has 4 aromatic rings. The first-order chi connectivity index (χ1) is 16.6. The van der Waals surface area contributed by atoms with Crippen LogP contribution in [0.3, 0.4) is 0 Å². The van der Waals surface area contributed by atoms with Gasteiger partial charge in [-0.1, -0.05) is 60.7 Å². The number of nitrogens with zero attached hydrogens (tertiary/aromatic N) is 2. The van der Waals surface area contributed by atoms with Crippen molar-refractivity contribution in [3.05, 3.63) is 101 Å². The van der Waals surface area contributed by atoms with Crippen molar-refractivity contribution in [3.8, 4) is 0 Å². The molecule has 34 heavy (non-hydrogen) atoms. The first-order valence-electron chi connectivity index (χ1n) is 12.0. The van der Waals surface area contributed by atoms with Crippen LogP contribution in [0.1, 0.15) is 47.1 Å². The Kier molecular flexibility index (Phi) is 6.18. The smallest absolute Gasteiger partial charge is 0.251 e. The monoisotopic (exact) mass is 454 g/mol. The lowest BCUT2D eigenvalue weighted by atomic mass is 9.85. The molecule has 3 N–H and O–H groups in total. The molecule has 0 bridgehead atoms. The van der Waals surface area contributed by atoms with Gasteiger partial charge in [0.25, 0.3) is 5.91 Å². The predicted molar refractivity (Wildman–Crippen MR) is 134 cm³/mol. The van der Waals surface area contributed by atoms with Gasteiger partial charge >= 0.3 is 0 Å². The van der Waals surface area contributed by atoms with Crippen LogP contribution in [0.5, 0.6) is 0 Å². The maximum Gasteiger partial charge on any atom is 0.251 e. The third-order valence-corrected chi connectivity index (χ3v) is 6.71. The van der Waals surface area contributed by atoms with Gasteiger partial charge in [0, 0.05) is 18.2 Å². The van der Waals surface area contributed by atoms with Crippen molar-refractivity contribution in [1.82, 2.24) is 20.2 Å². The van der Waals surface area contributed by atoms with Crippen molar-refractivity contribution in [2.24, 2.45) is 0 Å². The molecule has 3 aromatic carbocycles. The Morgan fingerprint density at radius 1 is 1.03 bits per heavy atom. The molecule has 2 heterocycles. The van der Waals surface area contributed by atoms with Crippen LogP contribution < -0.4 is 10.6 Å². The van der Waals surface area contributed by atoms with Crippen LogP contribution in [0.15, 0.2) is 78.9 Å². The van der Waals surface area contributed by atoms with Gasteiger partial charge in [0.15, 0.2) is 11.4 Å². The van der Waals surface area contributed by atoms with E-state index in [-0.39, 0.29) is 11.9 Å². The molecular formula is C28H30N4O2. The number of carbonyl (C=O) groups is 1. The van der Waals surface area contributed by atoms with E-state index in [1.54, 1.807) is 0 Å². The van der Waals surface area contributed by atoms with Crippen LogP contribution in [0, 0.1) is 0 Å². The molecule has 1 aromatic heterocycles. The van der Waals surface area contributed by atoms with Crippen LogP contribution in [0.2, 0.25) is 0 Å². The van der Waals surface area contributed by atoms with Crippen molar-refractivity contribution < 1.29 is 9.90 Å². The number of rotatable bonds is 6. The van der Waals surface area contributed by atoms with E-state index in [0.717, 1.165) is 48.1 Å². The summed E-state index contributed by atoms with van der Waals surface area (Å²) in [7, 11) is 0. The Balaban J connectivity index is 1.60. The van der Waals surface area contributed by atoms with Gasteiger partial charge in [-0.3, -0.25) is 4.79 Å². The minimum absolute atomic E-state index is 0.0689. The number of hydrogen-bond acceptors (Lipinski definition) is 4. The predicted octanol–water partition coefficient (Wildman–Crippen LogP) is 3.82. The van der Waals surface area contributed by atoms with Crippen LogP contribution in [0.4, 0.5) is 0 Å². The number of aromatic nitrogens is 2. The molecule has 0 radical (unpaired) electrons. The van der Waals surface area contributed by atoms with Crippen molar-refractivity contribution in [1.29, 1.82) is 0 Å². The zero-order chi connectivity index (χ0) is 23.5. The Hall–Kier alpha value is -3.48. The van der Waals surface area contributed by atoms with E-state index in [9.17, 15) is 9.90 Å². The van der Waals surface area contributed by atoms with Gasteiger partial charge in [0.05, 0.1) is 11.0 Å². The van der Waals surface area contributed by atoms with Gasteiger partial charge < -0.3 is 20.3 Å². The van der Waals surface area contributed by atoms with Gasteiger partial charge in [-0.25, -0.2) is 4.98 Å². The third-order valence-electron chi connectivity index (χ3n) is 6.71. The van der Waals surface area contributed by atoms with Gasteiger partial charge in [-0.2, -0.15) is 0 Å². The lowest BCUT2D eigenvalue weighted by Crippen LogP contribution is -2.42. The second kappa shape index (κ2) is 9.41. The highest BCUT2D eigenvalue weighted by molar-refractivity contribution is 5.97. The quantitative estimate of drug-likeness (QED) is 0.414. The van der Waals surface area contributed by atoms with Gasteiger partial charge in [-0.15, -0.1) is 0 Å². The SMILES string of the molecule is CCn1c(C(O)(c2ccccc2)c2ccccc2)nc2ccc(C(=O)NC3CCNCC3)cc21. The van der Waals surface area contributed by atoms with E-state index in [1.807, 2.05) is 90.4 Å². The minimum atomic E-state index is -1.44. The molecule has 0 atom stereocenters. The fourth-order valence-corrected chi connectivity index (χ4v) is 4.88. The van der Waals surface area contributed by atoms with Crippen LogP contribution in [-0.4, -0.2) is 39.7 Å². The molecule has 0 saturated carbocycles. The highest BCUT2D eigenvalue weighted by Gasteiger charge is 2.38. The number of nitrogens with one attached hydrogen (secondary N) is 2. The second-order valence-electron chi connectivity index (χ2n) is 8.82. The number of fused-ring (bicyclic) bond motifs is 1. The number of hydrogen-bond donors (Lipinski definition) is 3. The summed E-state index contributed by atoms with van der Waals surface area (Å²) in [5.41, 5.74) is 2.25. The summed E-state index contributed by atoms with van der Waals surface area (Å²) in [5, 5.41) is 18.8. The second-order valence-corrected chi connectivity index (χ2v) is 8.82. The van der Waals surface area contributed by atoms with E-state index in [0.29, 0.717) is 17.9 Å². The molecule has 174 valence electrons. The average Bonchev–Trinajstić information content (AvgIpc) is 3.28. The number of imidazole rings is 1. The van der Waals surface area contributed by atoms with Gasteiger partial charge in [-0.05, 0) is 62.2 Å². The summed E-state index contributed by atoms with van der Waals surface area (Å²) in [4.78, 5) is 17.9. The molecule has 0 aliphatic carbocycles. The summed E-state index contributed by atoms with van der Waals surface area (Å²) in [6.45, 7) is 4.48. The van der Waals surface area contributed by atoms with Crippen molar-refractivity contribution >= 4 is 16.9 Å². The van der Waals surface area contributed by atoms with E-state index >= 15 is 0 Å². The summed E-state index contributed by atoms with van der Waals surface area (Å²) in [6.07, 6.45) is 1.87. The standard InChI is InChI=1S/C28H30N4O2/c1-2-32-25-19-20(26(33)30-23-15-17-29-18-16-23)13-14-24(25)31-27(32)28(34,21-9-5-3-6-10-21)22-11-7-4-8-12-22/h3-14,19,23,29,34H,2,15-18H2,1H3,(H,30,33). The number of aliphatic hydroxyl groups is 1. The molecule has 0 unspecified atom stereocenters. The van der Waals surface area contributed by atoms with E-state index in [4.69, 9.17) is 4.98 Å².